The van der Waals surface area contributed by atoms with Crippen LogP contribution in [0.5, 0.6) is 0 Å². The Bertz CT molecular complexity index is 352. The molecule has 2 aliphatic rings. The third-order valence-corrected chi connectivity index (χ3v) is 5.10. The Morgan fingerprint density at radius 3 is 3.11 bits per heavy atom. The van der Waals surface area contributed by atoms with E-state index in [4.69, 9.17) is 5.73 Å². The molecule has 0 saturated carbocycles. The van der Waals surface area contributed by atoms with Crippen LogP contribution in [0.2, 0.25) is 0 Å². The molecule has 5 N–H and O–H groups in total. The van der Waals surface area contributed by atoms with Gasteiger partial charge in [-0.15, -0.1) is 0 Å². The van der Waals surface area contributed by atoms with Crippen molar-refractivity contribution in [2.45, 2.75) is 42.6 Å². The fourth-order valence-corrected chi connectivity index (χ4v) is 4.07. The predicted octanol–water partition coefficient (Wildman–Crippen LogP) is -0.255. The number of thioether (sulfide) groups is 1. The minimum absolute atomic E-state index is 0.00926. The first-order valence-electron chi connectivity index (χ1n) is 6.25. The van der Waals surface area contributed by atoms with Crippen molar-refractivity contribution in [3.63, 3.8) is 0 Å². The zero-order valence-electron chi connectivity index (χ0n) is 10.5. The summed E-state index contributed by atoms with van der Waals surface area (Å²) in [5, 5.41) is 8.63. The second kappa shape index (κ2) is 5.36. The van der Waals surface area contributed by atoms with Crippen LogP contribution in [0.3, 0.4) is 0 Å². The Morgan fingerprint density at radius 2 is 2.39 bits per heavy atom. The number of hydrogen-bond acceptors (Lipinski definition) is 4. The van der Waals surface area contributed by atoms with Crippen LogP contribution in [-0.4, -0.2) is 41.7 Å². The lowest BCUT2D eigenvalue weighted by molar-refractivity contribution is -0.120. The SMILES string of the molecule is CNC(=O)CCCC[C@@H]1SC[C@]2(N)NC(=O)N[C@H]12. The lowest BCUT2D eigenvalue weighted by atomic mass is 9.98. The van der Waals surface area contributed by atoms with Gasteiger partial charge in [0.05, 0.1) is 6.04 Å². The number of rotatable bonds is 5. The van der Waals surface area contributed by atoms with Gasteiger partial charge in [0.1, 0.15) is 5.66 Å². The molecule has 2 fully saturated rings. The predicted molar refractivity (Wildman–Crippen MR) is 71.2 cm³/mol. The molecule has 3 amide bonds. The highest BCUT2D eigenvalue weighted by molar-refractivity contribution is 8.00. The third-order valence-electron chi connectivity index (χ3n) is 3.52. The summed E-state index contributed by atoms with van der Waals surface area (Å²) in [4.78, 5) is 22.4. The van der Waals surface area contributed by atoms with Crippen LogP contribution in [0.25, 0.3) is 0 Å². The van der Waals surface area contributed by atoms with Crippen molar-refractivity contribution in [1.29, 1.82) is 0 Å². The maximum absolute atomic E-state index is 11.3. The van der Waals surface area contributed by atoms with Gasteiger partial charge in [0, 0.05) is 24.5 Å². The molecular weight excluding hydrogens is 252 g/mol. The number of nitrogens with two attached hydrogens (primary N) is 1. The third kappa shape index (κ3) is 2.72. The van der Waals surface area contributed by atoms with E-state index in [-0.39, 0.29) is 18.0 Å². The first-order chi connectivity index (χ1) is 8.55. The van der Waals surface area contributed by atoms with Crippen LogP contribution < -0.4 is 21.7 Å². The van der Waals surface area contributed by atoms with Gasteiger partial charge in [0.25, 0.3) is 0 Å². The van der Waals surface area contributed by atoms with Gasteiger partial charge in [0.15, 0.2) is 0 Å². The van der Waals surface area contributed by atoms with Crippen LogP contribution in [0.1, 0.15) is 25.7 Å². The fraction of sp³-hybridized carbons (Fsp3) is 0.818. The first-order valence-corrected chi connectivity index (χ1v) is 7.30. The van der Waals surface area contributed by atoms with E-state index in [1.807, 2.05) is 0 Å². The van der Waals surface area contributed by atoms with Gasteiger partial charge in [-0.3, -0.25) is 4.79 Å². The molecule has 7 heteroatoms. The minimum Gasteiger partial charge on any atom is -0.359 e. The smallest absolute Gasteiger partial charge is 0.316 e. The summed E-state index contributed by atoms with van der Waals surface area (Å²) in [6.07, 6.45) is 3.40. The molecule has 3 atom stereocenters. The molecule has 0 spiro atoms. The lowest BCUT2D eigenvalue weighted by Gasteiger charge is -2.23. The summed E-state index contributed by atoms with van der Waals surface area (Å²) in [6, 6.07) is -0.159. The Balaban J connectivity index is 1.74. The van der Waals surface area contributed by atoms with E-state index in [1.165, 1.54) is 0 Å². The highest BCUT2D eigenvalue weighted by Gasteiger charge is 2.52. The summed E-state index contributed by atoms with van der Waals surface area (Å²) >= 11 is 1.80. The van der Waals surface area contributed by atoms with Gasteiger partial charge in [-0.25, -0.2) is 4.79 Å². The number of carbonyl (C=O) groups excluding carboxylic acids is 2. The molecule has 6 nitrogen and oxygen atoms in total. The molecule has 0 unspecified atom stereocenters. The second-order valence-electron chi connectivity index (χ2n) is 4.88. The summed E-state index contributed by atoms with van der Waals surface area (Å²) in [5.74, 6) is 0.828. The lowest BCUT2D eigenvalue weighted by Crippen LogP contribution is -2.58. The highest BCUT2D eigenvalue weighted by Crippen LogP contribution is 2.37. The van der Waals surface area contributed by atoms with Crippen molar-refractivity contribution < 1.29 is 9.59 Å². The number of unbranched alkanes of at least 4 members (excludes halogenated alkanes) is 1. The van der Waals surface area contributed by atoms with E-state index in [0.717, 1.165) is 25.0 Å². The quantitative estimate of drug-likeness (QED) is 0.410. The number of hydrogen-bond donors (Lipinski definition) is 4. The molecule has 0 bridgehead atoms. The minimum atomic E-state index is -0.590. The normalized spacial score (nSPS) is 33.8. The maximum atomic E-state index is 11.3. The van der Waals surface area contributed by atoms with Gasteiger partial charge < -0.3 is 21.7 Å². The molecule has 0 aromatic heterocycles. The monoisotopic (exact) mass is 272 g/mol. The topological polar surface area (TPSA) is 96.2 Å². The van der Waals surface area contributed by atoms with Gasteiger partial charge in [-0.2, -0.15) is 11.8 Å². The first kappa shape index (κ1) is 13.5. The van der Waals surface area contributed by atoms with Crippen LogP contribution in [0.15, 0.2) is 0 Å². The van der Waals surface area contributed by atoms with Gasteiger partial charge in [-0.05, 0) is 12.8 Å². The van der Waals surface area contributed by atoms with Crippen LogP contribution in [-0.2, 0) is 4.79 Å². The Kier molecular flexibility index (Phi) is 4.01. The van der Waals surface area contributed by atoms with Crippen molar-refractivity contribution in [2.24, 2.45) is 5.73 Å². The Labute approximate surface area is 111 Å². The molecule has 18 heavy (non-hydrogen) atoms. The number of carbonyl (C=O) groups is 2. The zero-order chi connectivity index (χ0) is 13.2. The van der Waals surface area contributed by atoms with E-state index in [2.05, 4.69) is 16.0 Å². The molecule has 0 aromatic carbocycles. The average Bonchev–Trinajstić information content (AvgIpc) is 2.77. The van der Waals surface area contributed by atoms with Crippen molar-refractivity contribution in [3.05, 3.63) is 0 Å². The zero-order valence-corrected chi connectivity index (χ0v) is 11.3. The highest BCUT2D eigenvalue weighted by atomic mass is 32.2. The van der Waals surface area contributed by atoms with Crippen molar-refractivity contribution in [3.8, 4) is 0 Å². The van der Waals surface area contributed by atoms with E-state index < -0.39 is 5.66 Å². The molecule has 0 radical (unpaired) electrons. The van der Waals surface area contributed by atoms with E-state index >= 15 is 0 Å². The van der Waals surface area contributed by atoms with Crippen LogP contribution in [0, 0.1) is 0 Å². The number of urea groups is 1. The van der Waals surface area contributed by atoms with Gasteiger partial charge in [-0.1, -0.05) is 6.42 Å². The average molecular weight is 272 g/mol. The summed E-state index contributed by atoms with van der Waals surface area (Å²) in [5.41, 5.74) is 5.55. The molecular formula is C11H20N4O2S. The van der Waals surface area contributed by atoms with E-state index in [0.29, 0.717) is 11.7 Å². The van der Waals surface area contributed by atoms with Crippen molar-refractivity contribution >= 4 is 23.7 Å². The summed E-state index contributed by atoms with van der Waals surface area (Å²) < 4.78 is 0. The number of nitrogens with one attached hydrogen (secondary N) is 3. The van der Waals surface area contributed by atoms with Crippen LogP contribution in [0.4, 0.5) is 4.79 Å². The van der Waals surface area contributed by atoms with Gasteiger partial charge in [0.2, 0.25) is 5.91 Å². The molecule has 2 aliphatic heterocycles. The summed E-state index contributed by atoms with van der Waals surface area (Å²) in [7, 11) is 1.65. The molecule has 2 rings (SSSR count). The van der Waals surface area contributed by atoms with Crippen LogP contribution >= 0.6 is 11.8 Å². The standard InChI is InChI=1S/C11H20N4O2S/c1-13-8(16)5-3-2-4-7-9-11(12,6-18-7)15-10(17)14-9/h7,9H,2-6,12H2,1H3,(H,13,16)(H2,14,15,17)/t7-,9+,11-/m0/s1. The van der Waals surface area contributed by atoms with Gasteiger partial charge >= 0.3 is 6.03 Å². The molecule has 0 aromatic rings. The largest absolute Gasteiger partial charge is 0.359 e. The Hall–Kier alpha value is -0.950. The van der Waals surface area contributed by atoms with E-state index in [1.54, 1.807) is 18.8 Å². The molecule has 2 heterocycles. The maximum Gasteiger partial charge on any atom is 0.316 e. The number of fused-ring (bicyclic) bond motifs is 1. The van der Waals surface area contributed by atoms with Crippen molar-refractivity contribution in [1.82, 2.24) is 16.0 Å². The number of amides is 3. The van der Waals surface area contributed by atoms with E-state index in [9.17, 15) is 9.59 Å². The molecule has 2 saturated heterocycles. The molecule has 0 aliphatic carbocycles. The summed E-state index contributed by atoms with van der Waals surface area (Å²) in [6.45, 7) is 0. The Morgan fingerprint density at radius 1 is 1.61 bits per heavy atom. The second-order valence-corrected chi connectivity index (χ2v) is 6.11. The van der Waals surface area contributed by atoms with Crippen molar-refractivity contribution in [2.75, 3.05) is 12.8 Å². The molecule has 102 valence electrons. The fourth-order valence-electron chi connectivity index (χ4n) is 2.49.